The van der Waals surface area contributed by atoms with Crippen LogP contribution in [-0.4, -0.2) is 36.5 Å². The van der Waals surface area contributed by atoms with Gasteiger partial charge in [-0.3, -0.25) is 4.79 Å². The summed E-state index contributed by atoms with van der Waals surface area (Å²) in [5.74, 6) is -1.16. The number of carbonyl (C=O) groups is 2. The normalized spacial score (nSPS) is 17.2. The van der Waals surface area contributed by atoms with Crippen LogP contribution in [0.3, 0.4) is 0 Å². The van der Waals surface area contributed by atoms with Crippen molar-refractivity contribution in [3.8, 4) is 5.75 Å². The Morgan fingerprint density at radius 1 is 1.17 bits per heavy atom. The molecule has 7 heteroatoms. The molecule has 1 aliphatic carbocycles. The average Bonchev–Trinajstić information content (AvgIpc) is 2.71. The van der Waals surface area contributed by atoms with Crippen molar-refractivity contribution in [3.05, 3.63) is 39.2 Å². The van der Waals surface area contributed by atoms with Gasteiger partial charge in [0.1, 0.15) is 11.3 Å². The minimum atomic E-state index is -1.05. The Bertz CT molecular complexity index is 1020. The number of piperidine rings is 1. The number of hydrogen-bond donors (Lipinski definition) is 0. The lowest BCUT2D eigenvalue weighted by molar-refractivity contribution is -0.312. The molecule has 1 amide bonds. The van der Waals surface area contributed by atoms with Crippen molar-refractivity contribution >= 4 is 22.8 Å². The number of amides is 1. The zero-order valence-electron chi connectivity index (χ0n) is 16.5. The van der Waals surface area contributed by atoms with Crippen LogP contribution in [0.1, 0.15) is 42.4 Å². The van der Waals surface area contributed by atoms with E-state index in [-0.39, 0.29) is 18.1 Å². The van der Waals surface area contributed by atoms with Gasteiger partial charge < -0.3 is 24.0 Å². The highest BCUT2D eigenvalue weighted by atomic mass is 16.5. The number of aliphatic carboxylic acids is 1. The zero-order valence-corrected chi connectivity index (χ0v) is 16.5. The summed E-state index contributed by atoms with van der Waals surface area (Å²) in [5.41, 5.74) is 2.78. The molecule has 0 bridgehead atoms. The van der Waals surface area contributed by atoms with Gasteiger partial charge in [0.05, 0.1) is 5.39 Å². The maximum absolute atomic E-state index is 12.6. The molecule has 0 radical (unpaired) electrons. The van der Waals surface area contributed by atoms with Crippen molar-refractivity contribution in [2.45, 2.75) is 45.4 Å². The molecule has 0 spiro atoms. The van der Waals surface area contributed by atoms with Crippen molar-refractivity contribution in [2.24, 2.45) is 5.92 Å². The topological polar surface area (TPSA) is 99.9 Å². The summed E-state index contributed by atoms with van der Waals surface area (Å²) in [6.45, 7) is 2.53. The Balaban J connectivity index is 1.56. The Hall–Kier alpha value is -2.83. The smallest absolute Gasteiger partial charge is 0.339 e. The molecule has 2 heterocycles. The number of carboxylic acid groups (broad SMARTS) is 1. The van der Waals surface area contributed by atoms with Gasteiger partial charge in [-0.15, -0.1) is 0 Å². The van der Waals surface area contributed by atoms with Crippen LogP contribution in [0.4, 0.5) is 0 Å². The van der Waals surface area contributed by atoms with Gasteiger partial charge in [-0.2, -0.15) is 0 Å². The first kappa shape index (κ1) is 19.5. The molecule has 154 valence electrons. The fourth-order valence-electron chi connectivity index (χ4n) is 4.38. The van der Waals surface area contributed by atoms with Gasteiger partial charge in [0.2, 0.25) is 0 Å². The molecule has 2 aromatic rings. The van der Waals surface area contributed by atoms with E-state index < -0.39 is 11.9 Å². The third-order valence-corrected chi connectivity index (χ3v) is 5.96. The van der Waals surface area contributed by atoms with Gasteiger partial charge in [-0.1, -0.05) is 0 Å². The largest absolute Gasteiger partial charge is 0.550 e. The van der Waals surface area contributed by atoms with Crippen LogP contribution < -0.4 is 15.5 Å². The number of benzene rings is 1. The standard InChI is InChI=1S/C22H25NO6/c1-13-10-17(28-12-19(24)23-8-6-14(7-9-23)21(25)26)20-15-4-2-3-5-16(15)22(27)29-18(20)11-13/h10-11,14H,2-9,12H2,1H3,(H,25,26)/p-1. The number of rotatable bonds is 4. The second-order valence-electron chi connectivity index (χ2n) is 7.95. The number of fused-ring (bicyclic) bond motifs is 3. The second kappa shape index (κ2) is 7.89. The van der Waals surface area contributed by atoms with Crippen LogP contribution in [0, 0.1) is 12.8 Å². The Labute approximate surface area is 168 Å². The quantitative estimate of drug-likeness (QED) is 0.721. The van der Waals surface area contributed by atoms with E-state index >= 15 is 0 Å². The van der Waals surface area contributed by atoms with Crippen LogP contribution in [0.5, 0.6) is 5.75 Å². The van der Waals surface area contributed by atoms with E-state index in [0.717, 1.165) is 35.8 Å². The molecule has 4 rings (SSSR count). The third-order valence-electron chi connectivity index (χ3n) is 5.96. The molecule has 7 nitrogen and oxygen atoms in total. The second-order valence-corrected chi connectivity index (χ2v) is 7.95. The van der Waals surface area contributed by atoms with E-state index in [1.54, 1.807) is 4.90 Å². The van der Waals surface area contributed by atoms with Crippen molar-refractivity contribution < 1.29 is 23.8 Å². The number of carbonyl (C=O) groups excluding carboxylic acids is 2. The highest BCUT2D eigenvalue weighted by Crippen LogP contribution is 2.34. The van der Waals surface area contributed by atoms with Gasteiger partial charge in [-0.05, 0) is 68.7 Å². The molecule has 1 aliphatic heterocycles. The van der Waals surface area contributed by atoms with E-state index in [1.807, 2.05) is 19.1 Å². The first-order valence-electron chi connectivity index (χ1n) is 10.1. The number of hydrogen-bond acceptors (Lipinski definition) is 6. The first-order chi connectivity index (χ1) is 13.9. The van der Waals surface area contributed by atoms with E-state index in [0.29, 0.717) is 49.2 Å². The zero-order chi connectivity index (χ0) is 20.5. The van der Waals surface area contributed by atoms with Gasteiger partial charge >= 0.3 is 5.63 Å². The number of carboxylic acids is 1. The summed E-state index contributed by atoms with van der Waals surface area (Å²) in [4.78, 5) is 37.5. The monoisotopic (exact) mass is 398 g/mol. The van der Waals surface area contributed by atoms with E-state index in [1.165, 1.54) is 0 Å². The van der Waals surface area contributed by atoms with Gasteiger partial charge in [0.25, 0.3) is 5.91 Å². The summed E-state index contributed by atoms with van der Waals surface area (Å²) in [5, 5.41) is 11.8. The number of ether oxygens (including phenoxy) is 1. The Morgan fingerprint density at radius 2 is 1.86 bits per heavy atom. The number of likely N-dealkylation sites (tertiary alicyclic amines) is 1. The average molecular weight is 398 g/mol. The minimum absolute atomic E-state index is 0.136. The van der Waals surface area contributed by atoms with Crippen LogP contribution in [0.2, 0.25) is 0 Å². The predicted molar refractivity (Wildman–Crippen MR) is 104 cm³/mol. The molecule has 0 N–H and O–H groups in total. The summed E-state index contributed by atoms with van der Waals surface area (Å²) < 4.78 is 11.5. The number of nitrogens with zero attached hydrogens (tertiary/aromatic N) is 1. The van der Waals surface area contributed by atoms with Gasteiger partial charge in [0.15, 0.2) is 6.61 Å². The fraction of sp³-hybridized carbons (Fsp3) is 0.500. The van der Waals surface area contributed by atoms with Crippen LogP contribution >= 0.6 is 0 Å². The lowest BCUT2D eigenvalue weighted by Crippen LogP contribution is -2.45. The predicted octanol–water partition coefficient (Wildman–Crippen LogP) is 1.35. The Kier molecular flexibility index (Phi) is 5.30. The molecular formula is C22H24NO6-. The van der Waals surface area contributed by atoms with Crippen LogP contribution in [-0.2, 0) is 22.4 Å². The minimum Gasteiger partial charge on any atom is -0.550 e. The highest BCUT2D eigenvalue weighted by molar-refractivity contribution is 5.89. The van der Waals surface area contributed by atoms with E-state index in [4.69, 9.17) is 9.15 Å². The highest BCUT2D eigenvalue weighted by Gasteiger charge is 2.25. The molecule has 0 atom stereocenters. The molecule has 1 aromatic heterocycles. The number of aryl methyl sites for hydroxylation is 2. The molecule has 2 aliphatic rings. The molecule has 0 saturated carbocycles. The maximum Gasteiger partial charge on any atom is 0.339 e. The van der Waals surface area contributed by atoms with Crippen molar-refractivity contribution in [2.75, 3.05) is 19.7 Å². The van der Waals surface area contributed by atoms with Crippen LogP contribution in [0.25, 0.3) is 11.0 Å². The summed E-state index contributed by atoms with van der Waals surface area (Å²) in [6, 6.07) is 3.69. The lowest BCUT2D eigenvalue weighted by Gasteiger charge is -2.32. The van der Waals surface area contributed by atoms with Crippen molar-refractivity contribution in [1.29, 1.82) is 0 Å². The summed E-state index contributed by atoms with van der Waals surface area (Å²) in [6.07, 6.45) is 4.27. The maximum atomic E-state index is 12.6. The van der Waals surface area contributed by atoms with Gasteiger partial charge in [-0.25, -0.2) is 4.79 Å². The lowest BCUT2D eigenvalue weighted by atomic mass is 9.90. The third kappa shape index (κ3) is 3.86. The first-order valence-corrected chi connectivity index (χ1v) is 10.1. The SMILES string of the molecule is Cc1cc(OCC(=O)N2CCC(C(=O)[O-])CC2)c2c3c(c(=O)oc2c1)CCCC3. The summed E-state index contributed by atoms with van der Waals surface area (Å²) in [7, 11) is 0. The summed E-state index contributed by atoms with van der Waals surface area (Å²) >= 11 is 0. The van der Waals surface area contributed by atoms with Crippen molar-refractivity contribution in [3.63, 3.8) is 0 Å². The van der Waals surface area contributed by atoms with Crippen LogP contribution in [0.15, 0.2) is 21.3 Å². The molecule has 1 aromatic carbocycles. The molecule has 29 heavy (non-hydrogen) atoms. The molecule has 1 saturated heterocycles. The van der Waals surface area contributed by atoms with Crippen molar-refractivity contribution in [1.82, 2.24) is 4.90 Å². The molecular weight excluding hydrogens is 374 g/mol. The fourth-order valence-corrected chi connectivity index (χ4v) is 4.38. The van der Waals surface area contributed by atoms with Gasteiger partial charge in [0, 0.05) is 30.5 Å². The molecule has 0 unspecified atom stereocenters. The van der Waals surface area contributed by atoms with E-state index in [9.17, 15) is 19.5 Å². The molecule has 1 fully saturated rings. The Morgan fingerprint density at radius 3 is 2.55 bits per heavy atom. The van der Waals surface area contributed by atoms with E-state index in [2.05, 4.69) is 0 Å².